The van der Waals surface area contributed by atoms with Gasteiger partial charge in [-0.05, 0) is 24.1 Å². The quantitative estimate of drug-likeness (QED) is 0.422. The molecular formula is C22H22N6O2S2. The van der Waals surface area contributed by atoms with Crippen molar-refractivity contribution in [1.29, 1.82) is 0 Å². The van der Waals surface area contributed by atoms with E-state index in [1.807, 2.05) is 48.5 Å². The lowest BCUT2D eigenvalue weighted by Gasteiger charge is -2.15. The van der Waals surface area contributed by atoms with E-state index in [4.69, 9.17) is 9.72 Å². The molecule has 0 radical (unpaired) electrons. The molecule has 2 aromatic heterocycles. The number of rotatable bonds is 7. The number of hydrogen-bond acceptors (Lipinski definition) is 9. The summed E-state index contributed by atoms with van der Waals surface area (Å²) >= 11 is 3.04. The number of ether oxygens (including phenoxy) is 1. The van der Waals surface area contributed by atoms with E-state index in [9.17, 15) is 4.79 Å². The molecule has 2 atom stereocenters. The van der Waals surface area contributed by atoms with Crippen LogP contribution in [0.15, 0.2) is 54.6 Å². The standard InChI is InChI=1S/C22H22N6O2S2/c1-30-18(14-7-3-2-4-8-14)19(29)25-21-27-26-20(32-21)23-15-11-12-28(13-15)22-24-16-9-5-6-10-17(16)31-22/h2-10,15,18H,11-13H2,1H3,(H,23,26)(H,25,27,29)/t15-,18?/m1/s1. The summed E-state index contributed by atoms with van der Waals surface area (Å²) in [5, 5.41) is 16.7. The molecule has 32 heavy (non-hydrogen) atoms. The highest BCUT2D eigenvalue weighted by atomic mass is 32.1. The summed E-state index contributed by atoms with van der Waals surface area (Å²) in [4.78, 5) is 19.7. The number of nitrogens with one attached hydrogen (secondary N) is 2. The second-order valence-corrected chi connectivity index (χ2v) is 9.45. The number of benzene rings is 2. The number of hydrogen-bond donors (Lipinski definition) is 2. The van der Waals surface area contributed by atoms with Crippen molar-refractivity contribution >= 4 is 54.2 Å². The highest BCUT2D eigenvalue weighted by Gasteiger charge is 2.26. The van der Waals surface area contributed by atoms with Crippen molar-refractivity contribution in [2.45, 2.75) is 18.6 Å². The number of para-hydroxylation sites is 1. The summed E-state index contributed by atoms with van der Waals surface area (Å²) in [5.41, 5.74) is 1.83. The maximum absolute atomic E-state index is 12.6. The van der Waals surface area contributed by atoms with Gasteiger partial charge in [0.25, 0.3) is 5.91 Å². The molecule has 0 spiro atoms. The van der Waals surface area contributed by atoms with Gasteiger partial charge in [0.15, 0.2) is 11.2 Å². The number of aromatic nitrogens is 3. The van der Waals surface area contributed by atoms with Crippen LogP contribution in [0.25, 0.3) is 10.2 Å². The zero-order valence-corrected chi connectivity index (χ0v) is 19.0. The molecule has 8 nitrogen and oxygen atoms in total. The molecule has 3 heterocycles. The molecule has 1 saturated heterocycles. The monoisotopic (exact) mass is 466 g/mol. The molecule has 5 rings (SSSR count). The summed E-state index contributed by atoms with van der Waals surface area (Å²) in [6.45, 7) is 1.79. The first kappa shape index (κ1) is 20.8. The maximum atomic E-state index is 12.6. The van der Waals surface area contributed by atoms with E-state index in [1.165, 1.54) is 23.1 Å². The number of fused-ring (bicyclic) bond motifs is 1. The molecule has 1 fully saturated rings. The fraction of sp³-hybridized carbons (Fsp3) is 0.273. The van der Waals surface area contributed by atoms with Gasteiger partial charge in [-0.1, -0.05) is 65.1 Å². The van der Waals surface area contributed by atoms with Crippen molar-refractivity contribution in [2.75, 3.05) is 35.7 Å². The van der Waals surface area contributed by atoms with Crippen LogP contribution < -0.4 is 15.5 Å². The Morgan fingerprint density at radius 3 is 2.69 bits per heavy atom. The Labute approximate surface area is 193 Å². The molecule has 4 aromatic rings. The van der Waals surface area contributed by atoms with E-state index < -0.39 is 6.10 Å². The highest BCUT2D eigenvalue weighted by Crippen LogP contribution is 2.32. The molecule has 0 aliphatic carbocycles. The predicted octanol–water partition coefficient (Wildman–Crippen LogP) is 4.16. The van der Waals surface area contributed by atoms with Crippen LogP contribution in [0, 0.1) is 0 Å². The van der Waals surface area contributed by atoms with Gasteiger partial charge in [0.1, 0.15) is 0 Å². The summed E-state index contributed by atoms with van der Waals surface area (Å²) in [7, 11) is 1.52. The number of carbonyl (C=O) groups excluding carboxylic acids is 1. The molecule has 0 bridgehead atoms. The van der Waals surface area contributed by atoms with Crippen LogP contribution in [0.1, 0.15) is 18.1 Å². The average Bonchev–Trinajstić information content (AvgIpc) is 3.55. The first-order valence-electron chi connectivity index (χ1n) is 10.3. The van der Waals surface area contributed by atoms with Crippen LogP contribution in [0.5, 0.6) is 0 Å². The van der Waals surface area contributed by atoms with Gasteiger partial charge in [-0.15, -0.1) is 10.2 Å². The first-order chi connectivity index (χ1) is 15.7. The summed E-state index contributed by atoms with van der Waals surface area (Å²) in [5.74, 6) is -0.274. The molecule has 2 N–H and O–H groups in total. The van der Waals surface area contributed by atoms with Crippen molar-refractivity contribution in [3.8, 4) is 0 Å². The average molecular weight is 467 g/mol. The minimum Gasteiger partial charge on any atom is -0.367 e. The van der Waals surface area contributed by atoms with Gasteiger partial charge in [-0.3, -0.25) is 10.1 Å². The smallest absolute Gasteiger partial charge is 0.259 e. The van der Waals surface area contributed by atoms with Gasteiger partial charge >= 0.3 is 0 Å². The van der Waals surface area contributed by atoms with Crippen LogP contribution in [0.2, 0.25) is 0 Å². The summed E-state index contributed by atoms with van der Waals surface area (Å²) in [6.07, 6.45) is 0.283. The molecule has 164 valence electrons. The second-order valence-electron chi connectivity index (χ2n) is 7.47. The SMILES string of the molecule is COC(C(=O)Nc1nnc(N[C@@H]2CCN(c3nc4ccccc4s3)C2)s1)c1ccccc1. The fourth-order valence-electron chi connectivity index (χ4n) is 3.75. The van der Waals surface area contributed by atoms with Gasteiger partial charge in [0.05, 0.1) is 10.2 Å². The van der Waals surface area contributed by atoms with Gasteiger partial charge < -0.3 is 15.0 Å². The number of nitrogens with zero attached hydrogens (tertiary/aromatic N) is 4. The Morgan fingerprint density at radius 1 is 1.09 bits per heavy atom. The van der Waals surface area contributed by atoms with Gasteiger partial charge in [0.2, 0.25) is 10.3 Å². The minimum absolute atomic E-state index is 0.245. The molecule has 1 aliphatic heterocycles. The van der Waals surface area contributed by atoms with Crippen molar-refractivity contribution in [1.82, 2.24) is 15.2 Å². The zero-order valence-electron chi connectivity index (χ0n) is 17.4. The predicted molar refractivity (Wildman–Crippen MR) is 129 cm³/mol. The summed E-state index contributed by atoms with van der Waals surface area (Å²) < 4.78 is 6.58. The number of carbonyl (C=O) groups is 1. The lowest BCUT2D eigenvalue weighted by atomic mass is 10.1. The number of amides is 1. The van der Waals surface area contributed by atoms with E-state index in [1.54, 1.807) is 11.3 Å². The van der Waals surface area contributed by atoms with E-state index >= 15 is 0 Å². The Morgan fingerprint density at radius 2 is 1.88 bits per heavy atom. The first-order valence-corrected chi connectivity index (χ1v) is 11.9. The van der Waals surface area contributed by atoms with Gasteiger partial charge in [0, 0.05) is 26.2 Å². The molecular weight excluding hydrogens is 444 g/mol. The lowest BCUT2D eigenvalue weighted by molar-refractivity contribution is -0.126. The van der Waals surface area contributed by atoms with E-state index in [0.717, 1.165) is 35.7 Å². The normalized spacial score (nSPS) is 16.9. The Kier molecular flexibility index (Phi) is 5.97. The van der Waals surface area contributed by atoms with E-state index in [2.05, 4.69) is 31.8 Å². The molecule has 0 saturated carbocycles. The number of thiazole rings is 1. The Balaban J connectivity index is 1.19. The minimum atomic E-state index is -0.700. The van der Waals surface area contributed by atoms with Crippen molar-refractivity contribution in [3.63, 3.8) is 0 Å². The molecule has 2 aromatic carbocycles. The summed E-state index contributed by atoms with van der Waals surface area (Å²) in [6, 6.07) is 17.8. The Bertz CT molecular complexity index is 1180. The molecule has 1 amide bonds. The molecule has 1 unspecified atom stereocenters. The van der Waals surface area contributed by atoms with Gasteiger partial charge in [-0.2, -0.15) is 0 Å². The largest absolute Gasteiger partial charge is 0.367 e. The van der Waals surface area contributed by atoms with Crippen LogP contribution in [0.4, 0.5) is 15.4 Å². The maximum Gasteiger partial charge on any atom is 0.259 e. The number of anilines is 3. The fourth-order valence-corrected chi connectivity index (χ4v) is 5.47. The van der Waals surface area contributed by atoms with Crippen molar-refractivity contribution < 1.29 is 9.53 Å². The topological polar surface area (TPSA) is 92.3 Å². The van der Waals surface area contributed by atoms with Gasteiger partial charge in [-0.25, -0.2) is 4.98 Å². The second kappa shape index (κ2) is 9.19. The number of methoxy groups -OCH3 is 1. The Hall–Kier alpha value is -3.08. The lowest BCUT2D eigenvalue weighted by Crippen LogP contribution is -2.25. The molecule has 1 aliphatic rings. The van der Waals surface area contributed by atoms with Crippen LogP contribution >= 0.6 is 22.7 Å². The van der Waals surface area contributed by atoms with E-state index in [0.29, 0.717) is 10.3 Å². The van der Waals surface area contributed by atoms with Crippen molar-refractivity contribution in [3.05, 3.63) is 60.2 Å². The highest BCUT2D eigenvalue weighted by molar-refractivity contribution is 7.22. The zero-order chi connectivity index (χ0) is 21.9. The van der Waals surface area contributed by atoms with Crippen LogP contribution in [-0.4, -0.2) is 47.3 Å². The third-order valence-electron chi connectivity index (χ3n) is 5.30. The molecule has 10 heteroatoms. The third-order valence-corrected chi connectivity index (χ3v) is 7.17. The van der Waals surface area contributed by atoms with Crippen LogP contribution in [-0.2, 0) is 9.53 Å². The van der Waals surface area contributed by atoms with E-state index in [-0.39, 0.29) is 11.9 Å². The van der Waals surface area contributed by atoms with Crippen molar-refractivity contribution in [2.24, 2.45) is 0 Å². The third kappa shape index (κ3) is 4.43. The van der Waals surface area contributed by atoms with Crippen LogP contribution in [0.3, 0.4) is 0 Å².